The van der Waals surface area contributed by atoms with Crippen molar-refractivity contribution >= 4 is 16.9 Å². The van der Waals surface area contributed by atoms with E-state index in [2.05, 4.69) is 28.8 Å². The number of hydrogen-bond acceptors (Lipinski definition) is 4. The summed E-state index contributed by atoms with van der Waals surface area (Å²) in [4.78, 5) is 24.9. The summed E-state index contributed by atoms with van der Waals surface area (Å²) in [5.41, 5.74) is 4.74. The van der Waals surface area contributed by atoms with Gasteiger partial charge in [-0.25, -0.2) is 15.0 Å². The number of carbonyl (C=O) groups excluding carboxylic acids is 1. The van der Waals surface area contributed by atoms with Crippen LogP contribution in [-0.4, -0.2) is 25.4 Å². The Morgan fingerprint density at radius 3 is 2.65 bits per heavy atom. The normalized spacial score (nSPS) is 11.3. The lowest BCUT2D eigenvalue weighted by Crippen LogP contribution is -2.10. The summed E-state index contributed by atoms with van der Waals surface area (Å²) >= 11 is 0. The largest absolute Gasteiger partial charge is 0.274 e. The molecule has 0 saturated carbocycles. The van der Waals surface area contributed by atoms with Crippen LogP contribution in [0.15, 0.2) is 37.2 Å². The Hall–Kier alpha value is -2.56. The zero-order valence-electron chi connectivity index (χ0n) is 13.7. The van der Waals surface area contributed by atoms with E-state index < -0.39 is 0 Å². The minimum atomic E-state index is 0.0939. The van der Waals surface area contributed by atoms with Gasteiger partial charge in [-0.2, -0.15) is 0 Å². The fourth-order valence-electron chi connectivity index (χ4n) is 2.64. The smallest absolute Gasteiger partial charge is 0.232 e. The van der Waals surface area contributed by atoms with Gasteiger partial charge in [0.2, 0.25) is 5.91 Å². The predicted molar refractivity (Wildman–Crippen MR) is 90.2 cm³/mol. The van der Waals surface area contributed by atoms with Crippen LogP contribution in [0, 0.1) is 12.8 Å². The maximum absolute atomic E-state index is 12.4. The average Bonchev–Trinajstić information content (AvgIpc) is 2.95. The Balaban J connectivity index is 1.99. The second-order valence-corrected chi connectivity index (χ2v) is 6.22. The molecule has 5 nitrogen and oxygen atoms in total. The van der Waals surface area contributed by atoms with E-state index in [1.54, 1.807) is 23.3 Å². The Kier molecular flexibility index (Phi) is 4.19. The van der Waals surface area contributed by atoms with Gasteiger partial charge in [-0.05, 0) is 42.5 Å². The van der Waals surface area contributed by atoms with Gasteiger partial charge in [0.25, 0.3) is 0 Å². The first-order valence-electron chi connectivity index (χ1n) is 7.82. The highest BCUT2D eigenvalue weighted by Gasteiger charge is 2.13. The highest BCUT2D eigenvalue weighted by atomic mass is 16.2. The van der Waals surface area contributed by atoms with Crippen molar-refractivity contribution in [3.05, 3.63) is 42.7 Å². The van der Waals surface area contributed by atoms with Crippen molar-refractivity contribution in [2.45, 2.75) is 33.6 Å². The fraction of sp³-hybridized carbons (Fsp3) is 0.333. The highest BCUT2D eigenvalue weighted by molar-refractivity contribution is 5.92. The second kappa shape index (κ2) is 6.28. The van der Waals surface area contributed by atoms with Gasteiger partial charge < -0.3 is 0 Å². The van der Waals surface area contributed by atoms with Crippen LogP contribution in [0.1, 0.15) is 37.0 Å². The number of rotatable bonds is 4. The highest BCUT2D eigenvalue weighted by Crippen LogP contribution is 2.27. The molecule has 2 aromatic heterocycles. The summed E-state index contributed by atoms with van der Waals surface area (Å²) in [5.74, 6) is 0.608. The lowest BCUT2D eigenvalue weighted by molar-refractivity contribution is 0.0900. The van der Waals surface area contributed by atoms with Crippen LogP contribution in [0.4, 0.5) is 0 Å². The number of nitrogens with zero attached hydrogens (tertiary/aromatic N) is 4. The third-order valence-corrected chi connectivity index (χ3v) is 3.97. The molecule has 118 valence electrons. The zero-order valence-corrected chi connectivity index (χ0v) is 13.7. The topological polar surface area (TPSA) is 60.7 Å². The van der Waals surface area contributed by atoms with E-state index in [1.165, 1.54) is 6.33 Å². The van der Waals surface area contributed by atoms with E-state index in [9.17, 15) is 4.79 Å². The van der Waals surface area contributed by atoms with Gasteiger partial charge in [-0.15, -0.1) is 0 Å². The van der Waals surface area contributed by atoms with E-state index in [1.807, 2.05) is 19.1 Å². The molecule has 0 aliphatic carbocycles. The standard InChI is InChI=1S/C18H20N4O/c1-12(2)4-5-18(23)22-11-21-16-7-15(13(3)6-17(16)22)14-8-19-10-20-9-14/h6-12H,4-5H2,1-3H3. The van der Waals surface area contributed by atoms with Crippen molar-refractivity contribution in [2.75, 3.05) is 0 Å². The Morgan fingerprint density at radius 2 is 1.96 bits per heavy atom. The van der Waals surface area contributed by atoms with Crippen LogP contribution in [-0.2, 0) is 0 Å². The molecule has 0 atom stereocenters. The lowest BCUT2D eigenvalue weighted by Gasteiger charge is -2.08. The minimum Gasteiger partial charge on any atom is -0.274 e. The van der Waals surface area contributed by atoms with Gasteiger partial charge in [0, 0.05) is 24.4 Å². The quantitative estimate of drug-likeness (QED) is 0.734. The molecule has 0 spiro atoms. The first kappa shape index (κ1) is 15.3. The van der Waals surface area contributed by atoms with Crippen LogP contribution in [0.5, 0.6) is 0 Å². The molecule has 0 aliphatic heterocycles. The number of aryl methyl sites for hydroxylation is 1. The van der Waals surface area contributed by atoms with Crippen LogP contribution >= 0.6 is 0 Å². The summed E-state index contributed by atoms with van der Waals surface area (Å²) < 4.78 is 1.66. The number of carbonyl (C=O) groups is 1. The van der Waals surface area contributed by atoms with Crippen molar-refractivity contribution in [1.29, 1.82) is 0 Å². The van der Waals surface area contributed by atoms with Gasteiger partial charge in [0.15, 0.2) is 0 Å². The molecule has 3 rings (SSSR count). The maximum Gasteiger partial charge on any atom is 0.232 e. The third-order valence-electron chi connectivity index (χ3n) is 3.97. The van der Waals surface area contributed by atoms with Gasteiger partial charge >= 0.3 is 0 Å². The molecule has 5 heteroatoms. The van der Waals surface area contributed by atoms with Crippen LogP contribution in [0.2, 0.25) is 0 Å². The molecule has 0 aliphatic rings. The number of hydrogen-bond donors (Lipinski definition) is 0. The third kappa shape index (κ3) is 3.13. The molecule has 0 radical (unpaired) electrons. The van der Waals surface area contributed by atoms with Crippen molar-refractivity contribution in [1.82, 2.24) is 19.5 Å². The molecule has 23 heavy (non-hydrogen) atoms. The second-order valence-electron chi connectivity index (χ2n) is 6.22. The summed E-state index contributed by atoms with van der Waals surface area (Å²) in [5, 5.41) is 0. The number of imidazole rings is 1. The molecule has 1 aromatic carbocycles. The van der Waals surface area contributed by atoms with E-state index in [-0.39, 0.29) is 5.91 Å². The number of aromatic nitrogens is 4. The van der Waals surface area contributed by atoms with Gasteiger partial charge in [-0.3, -0.25) is 9.36 Å². The molecule has 0 fully saturated rings. The number of benzene rings is 1. The van der Waals surface area contributed by atoms with Crippen LogP contribution in [0.25, 0.3) is 22.2 Å². The Bertz CT molecular complexity index is 837. The zero-order chi connectivity index (χ0) is 16.4. The maximum atomic E-state index is 12.4. The molecule has 2 heterocycles. The van der Waals surface area contributed by atoms with Crippen molar-refractivity contribution in [3.63, 3.8) is 0 Å². The SMILES string of the molecule is Cc1cc2c(cc1-c1cncnc1)ncn2C(=O)CCC(C)C. The first-order valence-corrected chi connectivity index (χ1v) is 7.82. The molecular weight excluding hydrogens is 288 g/mol. The minimum absolute atomic E-state index is 0.0939. The number of fused-ring (bicyclic) bond motifs is 1. The molecular formula is C18H20N4O. The summed E-state index contributed by atoms with van der Waals surface area (Å²) in [6.45, 7) is 6.27. The molecule has 0 N–H and O–H groups in total. The van der Waals surface area contributed by atoms with Crippen molar-refractivity contribution in [2.24, 2.45) is 5.92 Å². The van der Waals surface area contributed by atoms with E-state index >= 15 is 0 Å². The van der Waals surface area contributed by atoms with E-state index in [4.69, 9.17) is 0 Å². The van der Waals surface area contributed by atoms with Crippen LogP contribution < -0.4 is 0 Å². The lowest BCUT2D eigenvalue weighted by atomic mass is 10.0. The Morgan fingerprint density at radius 1 is 1.22 bits per heavy atom. The molecule has 3 aromatic rings. The fourth-order valence-corrected chi connectivity index (χ4v) is 2.64. The molecule has 0 unspecified atom stereocenters. The van der Waals surface area contributed by atoms with Crippen LogP contribution in [0.3, 0.4) is 0 Å². The van der Waals surface area contributed by atoms with Gasteiger partial charge in [-0.1, -0.05) is 13.8 Å². The summed E-state index contributed by atoms with van der Waals surface area (Å²) in [6, 6.07) is 4.01. The monoisotopic (exact) mass is 308 g/mol. The van der Waals surface area contributed by atoms with E-state index in [0.29, 0.717) is 12.3 Å². The van der Waals surface area contributed by atoms with Crippen molar-refractivity contribution in [3.8, 4) is 11.1 Å². The summed E-state index contributed by atoms with van der Waals surface area (Å²) in [7, 11) is 0. The molecule has 0 bridgehead atoms. The Labute approximate surface area is 135 Å². The molecule has 0 amide bonds. The van der Waals surface area contributed by atoms with E-state index in [0.717, 1.165) is 34.1 Å². The average molecular weight is 308 g/mol. The van der Waals surface area contributed by atoms with Crippen molar-refractivity contribution < 1.29 is 4.79 Å². The summed E-state index contributed by atoms with van der Waals surface area (Å²) in [6.07, 6.45) is 8.13. The molecule has 0 saturated heterocycles. The first-order chi connectivity index (χ1) is 11.1. The predicted octanol–water partition coefficient (Wildman–Crippen LogP) is 3.88. The van der Waals surface area contributed by atoms with Gasteiger partial charge in [0.05, 0.1) is 11.0 Å². The van der Waals surface area contributed by atoms with Gasteiger partial charge in [0.1, 0.15) is 12.7 Å².